The van der Waals surface area contributed by atoms with Crippen molar-refractivity contribution < 1.29 is 4.79 Å². The van der Waals surface area contributed by atoms with E-state index in [9.17, 15) is 4.79 Å². The highest BCUT2D eigenvalue weighted by molar-refractivity contribution is 6.30. The number of amides is 1. The molecular weight excluding hydrogens is 198 g/mol. The van der Waals surface area contributed by atoms with Gasteiger partial charge in [0.15, 0.2) is 0 Å². The first kappa shape index (κ1) is 9.53. The minimum Gasteiger partial charge on any atom is -0.332 e. The highest BCUT2D eigenvalue weighted by Crippen LogP contribution is 2.38. The third-order valence-electron chi connectivity index (χ3n) is 3.01. The molecule has 2 nitrogen and oxygen atoms in total. The molecule has 0 bridgehead atoms. The molecule has 3 heteroatoms. The molecule has 0 atom stereocenters. The molecule has 1 aliphatic heterocycles. The molecule has 1 aliphatic rings. The monoisotopic (exact) mass is 209 g/mol. The molecule has 0 aromatic heterocycles. The molecule has 0 saturated heterocycles. The normalized spacial score (nSPS) is 18.6. The van der Waals surface area contributed by atoms with Crippen LogP contribution in [0.4, 0.5) is 0 Å². The minimum atomic E-state index is -0.253. The molecule has 0 saturated carbocycles. The number of carbonyl (C=O) groups excluding carboxylic acids is 1. The van der Waals surface area contributed by atoms with Gasteiger partial charge in [-0.15, -0.1) is 0 Å². The van der Waals surface area contributed by atoms with Gasteiger partial charge < -0.3 is 4.90 Å². The molecular formula is C11H12ClNO. The molecule has 1 aromatic carbocycles. The molecule has 1 heterocycles. The number of rotatable bonds is 0. The second-order valence-electron chi connectivity index (χ2n) is 4.11. The standard InChI is InChI=1S/C11H12ClNO/c1-11(2)9-6-7(12)4-5-8(9)10(14)13(11)3/h4-6H,1-3H3. The van der Waals surface area contributed by atoms with Gasteiger partial charge in [0, 0.05) is 17.6 Å². The van der Waals surface area contributed by atoms with Crippen molar-refractivity contribution in [1.29, 1.82) is 0 Å². The average Bonchev–Trinajstić information content (AvgIpc) is 2.29. The fourth-order valence-corrected chi connectivity index (χ4v) is 2.00. The van der Waals surface area contributed by atoms with Crippen LogP contribution in [0.5, 0.6) is 0 Å². The Balaban J connectivity index is 2.69. The van der Waals surface area contributed by atoms with Crippen LogP contribution >= 0.6 is 11.6 Å². The minimum absolute atomic E-state index is 0.0710. The molecule has 0 fully saturated rings. The van der Waals surface area contributed by atoms with Gasteiger partial charge in [0.25, 0.3) is 5.91 Å². The van der Waals surface area contributed by atoms with E-state index in [2.05, 4.69) is 0 Å². The van der Waals surface area contributed by atoms with Crippen molar-refractivity contribution in [2.45, 2.75) is 19.4 Å². The topological polar surface area (TPSA) is 20.3 Å². The lowest BCUT2D eigenvalue weighted by atomic mass is 9.94. The van der Waals surface area contributed by atoms with Gasteiger partial charge >= 0.3 is 0 Å². The summed E-state index contributed by atoms with van der Waals surface area (Å²) in [6.45, 7) is 4.04. The van der Waals surface area contributed by atoms with Crippen molar-refractivity contribution in [3.63, 3.8) is 0 Å². The molecule has 14 heavy (non-hydrogen) atoms. The highest BCUT2D eigenvalue weighted by atomic mass is 35.5. The molecule has 0 N–H and O–H groups in total. The predicted octanol–water partition coefficient (Wildman–Crippen LogP) is 2.66. The van der Waals surface area contributed by atoms with E-state index in [0.29, 0.717) is 5.02 Å². The number of carbonyl (C=O) groups is 1. The summed E-state index contributed by atoms with van der Waals surface area (Å²) in [5.74, 6) is 0.0710. The maximum atomic E-state index is 11.8. The lowest BCUT2D eigenvalue weighted by Gasteiger charge is -2.28. The Morgan fingerprint density at radius 1 is 1.36 bits per heavy atom. The van der Waals surface area contributed by atoms with E-state index >= 15 is 0 Å². The summed E-state index contributed by atoms with van der Waals surface area (Å²) in [6.07, 6.45) is 0. The van der Waals surface area contributed by atoms with Gasteiger partial charge in [-0.1, -0.05) is 11.6 Å². The fraction of sp³-hybridized carbons (Fsp3) is 0.364. The second-order valence-corrected chi connectivity index (χ2v) is 4.55. The summed E-state index contributed by atoms with van der Waals surface area (Å²) in [4.78, 5) is 13.6. The summed E-state index contributed by atoms with van der Waals surface area (Å²) in [5.41, 5.74) is 1.52. The lowest BCUT2D eigenvalue weighted by molar-refractivity contribution is 0.0691. The Bertz CT molecular complexity index is 412. The Labute approximate surface area is 88.5 Å². The highest BCUT2D eigenvalue weighted by Gasteiger charge is 2.40. The number of benzene rings is 1. The van der Waals surface area contributed by atoms with Gasteiger partial charge in [0.05, 0.1) is 5.54 Å². The molecule has 0 aliphatic carbocycles. The van der Waals surface area contributed by atoms with E-state index in [4.69, 9.17) is 11.6 Å². The van der Waals surface area contributed by atoms with Crippen LogP contribution in [0.3, 0.4) is 0 Å². The van der Waals surface area contributed by atoms with Crippen LogP contribution in [0.1, 0.15) is 29.8 Å². The number of hydrogen-bond donors (Lipinski definition) is 0. The van der Waals surface area contributed by atoms with Crippen LogP contribution in [0, 0.1) is 0 Å². The van der Waals surface area contributed by atoms with E-state index in [-0.39, 0.29) is 11.4 Å². The predicted molar refractivity (Wildman–Crippen MR) is 56.6 cm³/mol. The number of nitrogens with zero attached hydrogens (tertiary/aromatic N) is 1. The molecule has 0 spiro atoms. The van der Waals surface area contributed by atoms with Gasteiger partial charge in [0.2, 0.25) is 0 Å². The van der Waals surface area contributed by atoms with Crippen LogP contribution in [0.2, 0.25) is 5.02 Å². The zero-order chi connectivity index (χ0) is 10.5. The smallest absolute Gasteiger partial charge is 0.254 e. The summed E-state index contributed by atoms with van der Waals surface area (Å²) < 4.78 is 0. The largest absolute Gasteiger partial charge is 0.332 e. The van der Waals surface area contributed by atoms with E-state index in [0.717, 1.165) is 11.1 Å². The van der Waals surface area contributed by atoms with Crippen molar-refractivity contribution in [3.05, 3.63) is 34.3 Å². The number of hydrogen-bond acceptors (Lipinski definition) is 1. The molecule has 1 amide bonds. The van der Waals surface area contributed by atoms with Crippen LogP contribution in [0.15, 0.2) is 18.2 Å². The number of fused-ring (bicyclic) bond motifs is 1. The van der Waals surface area contributed by atoms with E-state index < -0.39 is 0 Å². The number of halogens is 1. The molecule has 0 unspecified atom stereocenters. The van der Waals surface area contributed by atoms with Crippen molar-refractivity contribution in [2.75, 3.05) is 7.05 Å². The van der Waals surface area contributed by atoms with Gasteiger partial charge in [-0.25, -0.2) is 0 Å². The first-order chi connectivity index (χ1) is 6.44. The zero-order valence-electron chi connectivity index (χ0n) is 8.47. The summed E-state index contributed by atoms with van der Waals surface area (Å²) in [5, 5.41) is 0.680. The summed E-state index contributed by atoms with van der Waals surface area (Å²) in [7, 11) is 1.82. The van der Waals surface area contributed by atoms with Gasteiger partial charge in [-0.3, -0.25) is 4.79 Å². The SMILES string of the molecule is CN1C(=O)c2ccc(Cl)cc2C1(C)C. The van der Waals surface area contributed by atoms with E-state index in [1.165, 1.54) is 0 Å². The second kappa shape index (κ2) is 2.74. The third-order valence-corrected chi connectivity index (χ3v) is 3.25. The van der Waals surface area contributed by atoms with Crippen LogP contribution in [0.25, 0.3) is 0 Å². The summed E-state index contributed by atoms with van der Waals surface area (Å²) >= 11 is 5.92. The van der Waals surface area contributed by atoms with Gasteiger partial charge in [0.1, 0.15) is 0 Å². The molecule has 2 rings (SSSR count). The van der Waals surface area contributed by atoms with Crippen molar-refractivity contribution >= 4 is 17.5 Å². The quantitative estimate of drug-likeness (QED) is 0.644. The average molecular weight is 210 g/mol. The lowest BCUT2D eigenvalue weighted by Crippen LogP contribution is -2.35. The first-order valence-corrected chi connectivity index (χ1v) is 4.90. The van der Waals surface area contributed by atoms with Crippen molar-refractivity contribution in [1.82, 2.24) is 4.90 Å². The maximum absolute atomic E-state index is 11.8. The van der Waals surface area contributed by atoms with Gasteiger partial charge in [-0.05, 0) is 37.6 Å². The first-order valence-electron chi connectivity index (χ1n) is 4.53. The molecule has 0 radical (unpaired) electrons. The Morgan fingerprint density at radius 3 is 2.64 bits per heavy atom. The van der Waals surface area contributed by atoms with Gasteiger partial charge in [-0.2, -0.15) is 0 Å². The van der Waals surface area contributed by atoms with E-state index in [1.807, 2.05) is 27.0 Å². The van der Waals surface area contributed by atoms with Crippen molar-refractivity contribution in [3.8, 4) is 0 Å². The Morgan fingerprint density at radius 2 is 2.00 bits per heavy atom. The zero-order valence-corrected chi connectivity index (χ0v) is 9.22. The Kier molecular flexibility index (Phi) is 1.86. The van der Waals surface area contributed by atoms with Crippen LogP contribution < -0.4 is 0 Å². The van der Waals surface area contributed by atoms with Crippen LogP contribution in [-0.4, -0.2) is 17.9 Å². The van der Waals surface area contributed by atoms with Crippen LogP contribution in [-0.2, 0) is 5.54 Å². The Hall–Kier alpha value is -1.02. The third kappa shape index (κ3) is 1.07. The molecule has 1 aromatic rings. The maximum Gasteiger partial charge on any atom is 0.254 e. The fourth-order valence-electron chi connectivity index (χ4n) is 1.82. The summed E-state index contributed by atoms with van der Waals surface area (Å²) in [6, 6.07) is 5.43. The van der Waals surface area contributed by atoms with Crippen molar-refractivity contribution in [2.24, 2.45) is 0 Å². The molecule has 74 valence electrons. The van der Waals surface area contributed by atoms with E-state index in [1.54, 1.807) is 17.0 Å².